The van der Waals surface area contributed by atoms with Crippen LogP contribution in [0, 0.1) is 17.1 Å². The maximum absolute atomic E-state index is 14.4. The molecule has 6 heteroatoms. The number of nitrogens with zero attached hydrogens (tertiary/aromatic N) is 2. The molecule has 0 bridgehead atoms. The van der Waals surface area contributed by atoms with Crippen LogP contribution >= 0.6 is 0 Å². The van der Waals surface area contributed by atoms with Crippen LogP contribution in [0.5, 0.6) is 0 Å². The molecule has 0 saturated heterocycles. The van der Waals surface area contributed by atoms with Gasteiger partial charge in [0.25, 0.3) is 0 Å². The normalized spacial score (nSPS) is 16.7. The molecular weight excluding hydrogens is 359 g/mol. The predicted molar refractivity (Wildman–Crippen MR) is 100 cm³/mol. The van der Waals surface area contributed by atoms with Crippen molar-refractivity contribution in [3.63, 3.8) is 0 Å². The van der Waals surface area contributed by atoms with Crippen molar-refractivity contribution in [1.82, 2.24) is 4.90 Å². The van der Waals surface area contributed by atoms with E-state index in [4.69, 9.17) is 4.74 Å². The molecule has 1 unspecified atom stereocenters. The molecule has 1 aliphatic rings. The van der Waals surface area contributed by atoms with Gasteiger partial charge in [0.1, 0.15) is 5.82 Å². The monoisotopic (exact) mass is 378 g/mol. The van der Waals surface area contributed by atoms with Crippen molar-refractivity contribution in [2.45, 2.75) is 25.8 Å². The molecule has 0 radical (unpaired) electrons. The van der Waals surface area contributed by atoms with Crippen LogP contribution in [-0.4, -0.2) is 23.9 Å². The molecule has 142 valence electrons. The van der Waals surface area contributed by atoms with Crippen molar-refractivity contribution in [3.8, 4) is 6.07 Å². The number of hydrogen-bond donors (Lipinski definition) is 0. The fraction of sp³-hybridized carbons (Fsp3) is 0.227. The topological polar surface area (TPSA) is 70.4 Å². The minimum absolute atomic E-state index is 0.0581. The SMILES string of the molecule is COC(=O)C1=C(C)N(Cc2ccccc2C#N)C(=O)CC1c1ccccc1F. The molecule has 1 heterocycles. The summed E-state index contributed by atoms with van der Waals surface area (Å²) in [6.45, 7) is 1.80. The summed E-state index contributed by atoms with van der Waals surface area (Å²) in [7, 11) is 1.26. The smallest absolute Gasteiger partial charge is 0.336 e. The lowest BCUT2D eigenvalue weighted by Gasteiger charge is -2.34. The van der Waals surface area contributed by atoms with E-state index in [0.717, 1.165) is 0 Å². The molecule has 0 aliphatic carbocycles. The molecule has 0 fully saturated rings. The summed E-state index contributed by atoms with van der Waals surface area (Å²) in [6, 6.07) is 15.2. The summed E-state index contributed by atoms with van der Waals surface area (Å²) in [5.74, 6) is -2.04. The lowest BCUT2D eigenvalue weighted by molar-refractivity contribution is -0.138. The van der Waals surface area contributed by atoms with E-state index in [1.165, 1.54) is 18.1 Å². The van der Waals surface area contributed by atoms with E-state index in [2.05, 4.69) is 6.07 Å². The van der Waals surface area contributed by atoms with Gasteiger partial charge in [0.15, 0.2) is 0 Å². The zero-order valence-corrected chi connectivity index (χ0v) is 15.6. The molecule has 0 saturated carbocycles. The number of carbonyl (C=O) groups is 2. The first-order valence-electron chi connectivity index (χ1n) is 8.79. The number of benzene rings is 2. The number of carbonyl (C=O) groups excluding carboxylic acids is 2. The Hall–Kier alpha value is -3.46. The quantitative estimate of drug-likeness (QED) is 0.762. The lowest BCUT2D eigenvalue weighted by Crippen LogP contribution is -2.38. The van der Waals surface area contributed by atoms with Crippen molar-refractivity contribution in [3.05, 3.63) is 82.3 Å². The summed E-state index contributed by atoms with van der Waals surface area (Å²) in [6.07, 6.45) is -0.0581. The third kappa shape index (κ3) is 3.52. The molecule has 2 aromatic carbocycles. The molecule has 28 heavy (non-hydrogen) atoms. The highest BCUT2D eigenvalue weighted by Crippen LogP contribution is 2.38. The highest BCUT2D eigenvalue weighted by molar-refractivity contribution is 5.95. The maximum atomic E-state index is 14.4. The van der Waals surface area contributed by atoms with Crippen molar-refractivity contribution in [2.75, 3.05) is 7.11 Å². The predicted octanol–water partition coefficient (Wildman–Crippen LogP) is 3.66. The Balaban J connectivity index is 2.08. The van der Waals surface area contributed by atoms with Crippen LogP contribution in [0.1, 0.15) is 36.0 Å². The Kier molecular flexibility index (Phi) is 5.55. The fourth-order valence-electron chi connectivity index (χ4n) is 3.54. The number of halogens is 1. The summed E-state index contributed by atoms with van der Waals surface area (Å²) >= 11 is 0. The molecule has 1 amide bonds. The van der Waals surface area contributed by atoms with Gasteiger partial charge >= 0.3 is 5.97 Å². The fourth-order valence-corrected chi connectivity index (χ4v) is 3.54. The van der Waals surface area contributed by atoms with Crippen LogP contribution in [0.3, 0.4) is 0 Å². The number of rotatable bonds is 4. The van der Waals surface area contributed by atoms with Gasteiger partial charge in [0, 0.05) is 18.0 Å². The van der Waals surface area contributed by atoms with Crippen molar-refractivity contribution < 1.29 is 18.7 Å². The first-order chi connectivity index (χ1) is 13.5. The van der Waals surface area contributed by atoms with E-state index in [1.54, 1.807) is 49.4 Å². The molecule has 0 spiro atoms. The van der Waals surface area contributed by atoms with Crippen LogP contribution in [0.25, 0.3) is 0 Å². The van der Waals surface area contributed by atoms with E-state index in [0.29, 0.717) is 16.8 Å². The van der Waals surface area contributed by atoms with Crippen LogP contribution in [0.15, 0.2) is 59.8 Å². The van der Waals surface area contributed by atoms with E-state index in [1.807, 2.05) is 0 Å². The summed E-state index contributed by atoms with van der Waals surface area (Å²) in [5.41, 5.74) is 2.07. The van der Waals surface area contributed by atoms with E-state index in [-0.39, 0.29) is 30.0 Å². The van der Waals surface area contributed by atoms with Crippen molar-refractivity contribution in [1.29, 1.82) is 5.26 Å². The molecule has 1 atom stereocenters. The lowest BCUT2D eigenvalue weighted by atomic mass is 9.83. The number of methoxy groups -OCH3 is 1. The minimum Gasteiger partial charge on any atom is -0.466 e. The zero-order valence-electron chi connectivity index (χ0n) is 15.6. The Morgan fingerprint density at radius 1 is 1.25 bits per heavy atom. The molecule has 0 N–H and O–H groups in total. The Labute approximate surface area is 162 Å². The zero-order chi connectivity index (χ0) is 20.3. The first-order valence-corrected chi connectivity index (χ1v) is 8.79. The number of ether oxygens (including phenoxy) is 1. The van der Waals surface area contributed by atoms with Crippen molar-refractivity contribution >= 4 is 11.9 Å². The highest BCUT2D eigenvalue weighted by atomic mass is 19.1. The second-order valence-corrected chi connectivity index (χ2v) is 6.52. The first kappa shape index (κ1) is 19.3. The average molecular weight is 378 g/mol. The Morgan fingerprint density at radius 3 is 2.61 bits per heavy atom. The van der Waals surface area contributed by atoms with Gasteiger partial charge in [-0.25, -0.2) is 9.18 Å². The van der Waals surface area contributed by atoms with Gasteiger partial charge < -0.3 is 9.64 Å². The maximum Gasteiger partial charge on any atom is 0.336 e. The standard InChI is InChI=1S/C22H19FN2O3/c1-14-21(22(27)28-2)18(17-9-5-6-10-19(17)23)11-20(26)25(14)13-16-8-4-3-7-15(16)12-24/h3-10,18H,11,13H2,1-2H3. The summed E-state index contributed by atoms with van der Waals surface area (Å²) < 4.78 is 19.3. The minimum atomic E-state index is -0.719. The number of allylic oxidation sites excluding steroid dienone is 1. The number of nitriles is 1. The highest BCUT2D eigenvalue weighted by Gasteiger charge is 2.37. The molecule has 3 rings (SSSR count). The van der Waals surface area contributed by atoms with Gasteiger partial charge in [-0.2, -0.15) is 5.26 Å². The van der Waals surface area contributed by atoms with Gasteiger partial charge in [0.05, 0.1) is 30.9 Å². The molecule has 2 aromatic rings. The van der Waals surface area contributed by atoms with E-state index < -0.39 is 17.7 Å². The number of hydrogen-bond acceptors (Lipinski definition) is 4. The third-order valence-electron chi connectivity index (χ3n) is 4.98. The third-order valence-corrected chi connectivity index (χ3v) is 4.98. The van der Waals surface area contributed by atoms with Gasteiger partial charge in [-0.3, -0.25) is 4.79 Å². The molecule has 5 nitrogen and oxygen atoms in total. The van der Waals surface area contributed by atoms with Crippen LogP contribution in [-0.2, 0) is 20.9 Å². The second-order valence-electron chi connectivity index (χ2n) is 6.52. The van der Waals surface area contributed by atoms with E-state index >= 15 is 0 Å². The Bertz CT molecular complexity index is 1010. The number of esters is 1. The molecule has 1 aliphatic heterocycles. The van der Waals surface area contributed by atoms with Crippen molar-refractivity contribution in [2.24, 2.45) is 0 Å². The summed E-state index contributed by atoms with van der Waals surface area (Å²) in [5, 5.41) is 9.30. The molecule has 0 aromatic heterocycles. The Morgan fingerprint density at radius 2 is 1.93 bits per heavy atom. The van der Waals surface area contributed by atoms with Gasteiger partial charge in [-0.1, -0.05) is 36.4 Å². The van der Waals surface area contributed by atoms with Crippen LogP contribution in [0.4, 0.5) is 4.39 Å². The summed E-state index contributed by atoms with van der Waals surface area (Å²) in [4.78, 5) is 26.9. The number of amides is 1. The molecular formula is C22H19FN2O3. The average Bonchev–Trinajstić information content (AvgIpc) is 2.71. The van der Waals surface area contributed by atoms with Crippen LogP contribution in [0.2, 0.25) is 0 Å². The largest absolute Gasteiger partial charge is 0.466 e. The van der Waals surface area contributed by atoms with E-state index in [9.17, 15) is 19.2 Å². The van der Waals surface area contributed by atoms with Crippen LogP contribution < -0.4 is 0 Å². The second kappa shape index (κ2) is 8.05. The van der Waals surface area contributed by atoms with Gasteiger partial charge in [-0.15, -0.1) is 0 Å². The van der Waals surface area contributed by atoms with Gasteiger partial charge in [-0.05, 0) is 30.2 Å². The van der Waals surface area contributed by atoms with Gasteiger partial charge in [0.2, 0.25) is 5.91 Å².